The van der Waals surface area contributed by atoms with Crippen LogP contribution in [0.4, 0.5) is 0 Å². The zero-order chi connectivity index (χ0) is 10.7. The van der Waals surface area contributed by atoms with E-state index in [4.69, 9.17) is 12.2 Å². The van der Waals surface area contributed by atoms with Crippen LogP contribution in [0.15, 0.2) is 28.7 Å². The number of benzene rings is 1. The Labute approximate surface area is 104 Å². The van der Waals surface area contributed by atoms with Crippen molar-refractivity contribution >= 4 is 33.3 Å². The van der Waals surface area contributed by atoms with Crippen LogP contribution in [0.2, 0.25) is 0 Å². The molecule has 0 heterocycles. The maximum absolute atomic E-state index is 5.18. The Balaban J connectivity index is 1.81. The van der Waals surface area contributed by atoms with Gasteiger partial charge in [-0.05, 0) is 36.7 Å². The maximum atomic E-state index is 5.18. The third-order valence-electron chi connectivity index (χ3n) is 2.31. The fraction of sp³-hybridized carbons (Fsp3) is 0.364. The summed E-state index contributed by atoms with van der Waals surface area (Å²) in [5.74, 6) is 0. The first-order chi connectivity index (χ1) is 7.25. The minimum Gasteiger partial charge on any atom is -0.360 e. The van der Waals surface area contributed by atoms with Crippen LogP contribution in [0.1, 0.15) is 18.4 Å². The van der Waals surface area contributed by atoms with Crippen molar-refractivity contribution in [2.75, 3.05) is 0 Å². The molecule has 0 spiro atoms. The van der Waals surface area contributed by atoms with Crippen molar-refractivity contribution in [1.29, 1.82) is 0 Å². The molecule has 15 heavy (non-hydrogen) atoms. The smallest absolute Gasteiger partial charge is 0.166 e. The van der Waals surface area contributed by atoms with Crippen molar-refractivity contribution in [2.24, 2.45) is 0 Å². The molecular formula is C11H13BrN2S. The Hall–Kier alpha value is -0.610. The second-order valence-electron chi connectivity index (χ2n) is 3.69. The number of thiocarbonyl (C=S) groups is 1. The molecule has 0 amide bonds. The van der Waals surface area contributed by atoms with Gasteiger partial charge in [-0.1, -0.05) is 34.1 Å². The molecule has 0 bridgehead atoms. The fourth-order valence-corrected chi connectivity index (χ4v) is 1.95. The molecule has 0 atom stereocenters. The highest BCUT2D eigenvalue weighted by Gasteiger charge is 2.21. The second kappa shape index (κ2) is 4.94. The molecule has 1 saturated carbocycles. The summed E-state index contributed by atoms with van der Waals surface area (Å²) in [6.45, 7) is 0.764. The third-order valence-corrected chi connectivity index (χ3v) is 3.35. The lowest BCUT2D eigenvalue weighted by molar-refractivity contribution is 0.827. The van der Waals surface area contributed by atoms with E-state index in [0.29, 0.717) is 6.04 Å². The summed E-state index contributed by atoms with van der Waals surface area (Å²) in [6, 6.07) is 8.77. The van der Waals surface area contributed by atoms with Gasteiger partial charge in [-0.25, -0.2) is 0 Å². The highest BCUT2D eigenvalue weighted by Crippen LogP contribution is 2.18. The van der Waals surface area contributed by atoms with Crippen molar-refractivity contribution in [3.8, 4) is 0 Å². The zero-order valence-electron chi connectivity index (χ0n) is 8.29. The minimum atomic E-state index is 0.615. The van der Waals surface area contributed by atoms with Gasteiger partial charge in [0.1, 0.15) is 0 Å². The largest absolute Gasteiger partial charge is 0.360 e. The molecule has 1 aliphatic carbocycles. The van der Waals surface area contributed by atoms with Gasteiger partial charge in [0.25, 0.3) is 0 Å². The van der Waals surface area contributed by atoms with Crippen LogP contribution in [0, 0.1) is 0 Å². The van der Waals surface area contributed by atoms with Crippen LogP contribution in [0.5, 0.6) is 0 Å². The van der Waals surface area contributed by atoms with Gasteiger partial charge in [-0.15, -0.1) is 0 Å². The van der Waals surface area contributed by atoms with Crippen LogP contribution >= 0.6 is 28.1 Å². The summed E-state index contributed by atoms with van der Waals surface area (Å²) in [5, 5.41) is 7.21. The van der Waals surface area contributed by atoms with E-state index in [9.17, 15) is 0 Å². The van der Waals surface area contributed by atoms with Crippen molar-refractivity contribution in [3.05, 3.63) is 34.3 Å². The van der Waals surface area contributed by atoms with E-state index in [1.165, 1.54) is 18.4 Å². The van der Waals surface area contributed by atoms with Crippen LogP contribution in [-0.4, -0.2) is 11.2 Å². The van der Waals surface area contributed by atoms with Crippen molar-refractivity contribution < 1.29 is 0 Å². The first-order valence-corrected chi connectivity index (χ1v) is 6.23. The van der Waals surface area contributed by atoms with Crippen molar-refractivity contribution in [1.82, 2.24) is 10.6 Å². The molecule has 2 rings (SSSR count). The number of nitrogens with one attached hydrogen (secondary N) is 2. The lowest BCUT2D eigenvalue weighted by atomic mass is 10.2. The van der Waals surface area contributed by atoms with E-state index < -0.39 is 0 Å². The number of halogens is 1. The van der Waals surface area contributed by atoms with E-state index in [-0.39, 0.29) is 0 Å². The number of rotatable bonds is 3. The Bertz CT molecular complexity index is 363. The Morgan fingerprint density at radius 3 is 2.80 bits per heavy atom. The highest BCUT2D eigenvalue weighted by molar-refractivity contribution is 9.10. The second-order valence-corrected chi connectivity index (χ2v) is 4.96. The number of hydrogen-bond acceptors (Lipinski definition) is 1. The predicted molar refractivity (Wildman–Crippen MR) is 69.7 cm³/mol. The third kappa shape index (κ3) is 3.47. The van der Waals surface area contributed by atoms with E-state index in [2.05, 4.69) is 32.6 Å². The van der Waals surface area contributed by atoms with Crippen molar-refractivity contribution in [3.63, 3.8) is 0 Å². The predicted octanol–water partition coefficient (Wildman–Crippen LogP) is 2.58. The van der Waals surface area contributed by atoms with Gasteiger partial charge in [0.05, 0.1) is 0 Å². The lowest BCUT2D eigenvalue weighted by Crippen LogP contribution is -2.36. The van der Waals surface area contributed by atoms with Gasteiger partial charge in [-0.2, -0.15) is 0 Å². The van der Waals surface area contributed by atoms with Crippen LogP contribution in [0.3, 0.4) is 0 Å². The Morgan fingerprint density at radius 2 is 2.13 bits per heavy atom. The minimum absolute atomic E-state index is 0.615. The van der Waals surface area contributed by atoms with Gasteiger partial charge in [0.15, 0.2) is 5.11 Å². The first-order valence-electron chi connectivity index (χ1n) is 5.03. The highest BCUT2D eigenvalue weighted by atomic mass is 79.9. The summed E-state index contributed by atoms with van der Waals surface area (Å²) < 4.78 is 1.12. The summed E-state index contributed by atoms with van der Waals surface area (Å²) in [7, 11) is 0. The van der Waals surface area contributed by atoms with Gasteiger partial charge in [0, 0.05) is 17.1 Å². The molecule has 2 N–H and O–H groups in total. The van der Waals surface area contributed by atoms with E-state index in [1.54, 1.807) is 0 Å². The van der Waals surface area contributed by atoms with Gasteiger partial charge >= 0.3 is 0 Å². The molecule has 1 aromatic rings. The molecule has 4 heteroatoms. The summed E-state index contributed by atoms with van der Waals surface area (Å²) in [4.78, 5) is 0. The molecule has 1 aliphatic rings. The van der Waals surface area contributed by atoms with Crippen LogP contribution in [-0.2, 0) is 6.54 Å². The number of hydrogen-bond donors (Lipinski definition) is 2. The molecule has 0 aliphatic heterocycles. The van der Waals surface area contributed by atoms with Gasteiger partial charge < -0.3 is 10.6 Å². The van der Waals surface area contributed by atoms with E-state index >= 15 is 0 Å². The SMILES string of the molecule is S=C(NCc1ccccc1Br)NC1CC1. The molecule has 1 aromatic carbocycles. The van der Waals surface area contributed by atoms with Gasteiger partial charge in [-0.3, -0.25) is 0 Å². The van der Waals surface area contributed by atoms with Crippen LogP contribution < -0.4 is 10.6 Å². The maximum Gasteiger partial charge on any atom is 0.166 e. The average Bonchev–Trinajstić information content (AvgIpc) is 3.00. The molecule has 0 saturated heterocycles. The fourth-order valence-electron chi connectivity index (χ4n) is 1.28. The Morgan fingerprint density at radius 1 is 1.40 bits per heavy atom. The molecule has 2 nitrogen and oxygen atoms in total. The molecule has 1 fully saturated rings. The quantitative estimate of drug-likeness (QED) is 0.835. The molecule has 0 unspecified atom stereocenters. The Kier molecular flexibility index (Phi) is 3.59. The van der Waals surface area contributed by atoms with Gasteiger partial charge in [0.2, 0.25) is 0 Å². The van der Waals surface area contributed by atoms with Crippen LogP contribution in [0.25, 0.3) is 0 Å². The van der Waals surface area contributed by atoms with E-state index in [0.717, 1.165) is 16.1 Å². The molecular weight excluding hydrogens is 272 g/mol. The average molecular weight is 285 g/mol. The van der Waals surface area contributed by atoms with E-state index in [1.807, 2.05) is 18.2 Å². The van der Waals surface area contributed by atoms with Crippen molar-refractivity contribution in [2.45, 2.75) is 25.4 Å². The normalized spacial score (nSPS) is 14.7. The summed E-state index contributed by atoms with van der Waals surface area (Å²) >= 11 is 8.68. The molecule has 0 radical (unpaired) electrons. The standard InChI is InChI=1S/C11H13BrN2S/c12-10-4-2-1-3-8(10)7-13-11(15)14-9-5-6-9/h1-4,9H,5-7H2,(H2,13,14,15). The molecule has 0 aromatic heterocycles. The summed E-state index contributed by atoms with van der Waals surface area (Å²) in [6.07, 6.45) is 2.49. The monoisotopic (exact) mass is 284 g/mol. The lowest BCUT2D eigenvalue weighted by Gasteiger charge is -2.10. The summed E-state index contributed by atoms with van der Waals surface area (Å²) in [5.41, 5.74) is 1.22. The first kappa shape index (κ1) is 10.9. The topological polar surface area (TPSA) is 24.1 Å². The molecule has 80 valence electrons. The zero-order valence-corrected chi connectivity index (χ0v) is 10.7.